The Morgan fingerprint density at radius 1 is 1.20 bits per heavy atom. The molecule has 0 fully saturated rings. The number of rotatable bonds is 6. The Balaban J connectivity index is 3.17. The molecule has 1 aromatic rings. The molecule has 0 aliphatic rings. The highest BCUT2D eigenvalue weighted by Crippen LogP contribution is 2.35. The van der Waals surface area contributed by atoms with Gasteiger partial charge in [0.25, 0.3) is 0 Å². The van der Waals surface area contributed by atoms with E-state index in [9.17, 15) is 13.2 Å². The fourth-order valence-corrected chi connectivity index (χ4v) is 2.07. The maximum Gasteiger partial charge on any atom is 0.416 e. The molecule has 0 atom stereocenters. The predicted octanol–water partition coefficient (Wildman–Crippen LogP) is 2.79. The van der Waals surface area contributed by atoms with Crippen LogP contribution in [0.3, 0.4) is 0 Å². The van der Waals surface area contributed by atoms with E-state index in [1.165, 1.54) is 6.07 Å². The zero-order chi connectivity index (χ0) is 15.3. The van der Waals surface area contributed by atoms with Gasteiger partial charge in [-0.25, -0.2) is 0 Å². The van der Waals surface area contributed by atoms with Gasteiger partial charge in [-0.1, -0.05) is 6.07 Å². The standard InChI is InChI=1S/C14H20F3NO2/c1-10(2)18(6-3-7-19)12-5-4-11(9-20)13(8-12)14(15,16)17/h4-5,8,10,19-20H,3,6-7,9H2,1-2H3. The van der Waals surface area contributed by atoms with Crippen LogP contribution in [-0.2, 0) is 12.8 Å². The highest BCUT2D eigenvalue weighted by molar-refractivity contribution is 5.52. The molecule has 0 unspecified atom stereocenters. The maximum atomic E-state index is 13.0. The summed E-state index contributed by atoms with van der Waals surface area (Å²) >= 11 is 0. The average Bonchev–Trinajstić information content (AvgIpc) is 2.37. The Morgan fingerprint density at radius 2 is 1.85 bits per heavy atom. The largest absolute Gasteiger partial charge is 0.416 e. The number of hydrogen-bond donors (Lipinski definition) is 2. The first kappa shape index (κ1) is 16.8. The van der Waals surface area contributed by atoms with E-state index in [2.05, 4.69) is 0 Å². The van der Waals surface area contributed by atoms with Crippen molar-refractivity contribution in [2.24, 2.45) is 0 Å². The Kier molecular flexibility index (Phi) is 5.83. The Morgan fingerprint density at radius 3 is 2.30 bits per heavy atom. The van der Waals surface area contributed by atoms with Crippen molar-refractivity contribution in [2.45, 2.75) is 39.1 Å². The molecule has 6 heteroatoms. The molecule has 20 heavy (non-hydrogen) atoms. The maximum absolute atomic E-state index is 13.0. The second-order valence-corrected chi connectivity index (χ2v) is 4.86. The van der Waals surface area contributed by atoms with Crippen molar-refractivity contribution in [3.63, 3.8) is 0 Å². The number of alkyl halides is 3. The molecule has 0 aromatic heterocycles. The lowest BCUT2D eigenvalue weighted by atomic mass is 10.1. The zero-order valence-electron chi connectivity index (χ0n) is 11.6. The van der Waals surface area contributed by atoms with Crippen molar-refractivity contribution in [1.82, 2.24) is 0 Å². The minimum atomic E-state index is -4.49. The van der Waals surface area contributed by atoms with Crippen LogP contribution in [-0.4, -0.2) is 29.4 Å². The van der Waals surface area contributed by atoms with E-state index in [4.69, 9.17) is 10.2 Å². The van der Waals surface area contributed by atoms with Gasteiger partial charge in [0.2, 0.25) is 0 Å². The average molecular weight is 291 g/mol. The third-order valence-corrected chi connectivity index (χ3v) is 3.08. The Hall–Kier alpha value is -1.27. The topological polar surface area (TPSA) is 43.7 Å². The number of aliphatic hydroxyl groups excluding tert-OH is 2. The normalized spacial score (nSPS) is 12.0. The van der Waals surface area contributed by atoms with Crippen LogP contribution in [0.25, 0.3) is 0 Å². The van der Waals surface area contributed by atoms with Crippen LogP contribution in [0.4, 0.5) is 18.9 Å². The number of aliphatic hydroxyl groups is 2. The summed E-state index contributed by atoms with van der Waals surface area (Å²) in [6.07, 6.45) is -4.00. The number of halogens is 3. The van der Waals surface area contributed by atoms with E-state index >= 15 is 0 Å². The first-order valence-electron chi connectivity index (χ1n) is 6.49. The van der Waals surface area contributed by atoms with Gasteiger partial charge in [0.15, 0.2) is 0 Å². The van der Waals surface area contributed by atoms with Crippen molar-refractivity contribution >= 4 is 5.69 Å². The molecule has 1 rings (SSSR count). The van der Waals surface area contributed by atoms with Crippen LogP contribution in [0.15, 0.2) is 18.2 Å². The van der Waals surface area contributed by atoms with Crippen molar-refractivity contribution < 1.29 is 23.4 Å². The summed E-state index contributed by atoms with van der Waals surface area (Å²) in [6, 6.07) is 3.94. The number of nitrogens with zero attached hydrogens (tertiary/aromatic N) is 1. The molecule has 0 amide bonds. The highest BCUT2D eigenvalue weighted by atomic mass is 19.4. The molecule has 0 saturated heterocycles. The van der Waals surface area contributed by atoms with Gasteiger partial charge in [-0.3, -0.25) is 0 Å². The Bertz CT molecular complexity index is 433. The molecular formula is C14H20F3NO2. The summed E-state index contributed by atoms with van der Waals surface area (Å²) in [4.78, 5) is 1.80. The third-order valence-electron chi connectivity index (χ3n) is 3.08. The van der Waals surface area contributed by atoms with E-state index in [-0.39, 0.29) is 18.2 Å². The molecule has 0 saturated carbocycles. The Labute approximate surface area is 116 Å². The van der Waals surface area contributed by atoms with Gasteiger partial charge in [-0.15, -0.1) is 0 Å². The number of anilines is 1. The summed E-state index contributed by atoms with van der Waals surface area (Å²) < 4.78 is 38.9. The minimum Gasteiger partial charge on any atom is -0.396 e. The van der Waals surface area contributed by atoms with Crippen molar-refractivity contribution in [3.8, 4) is 0 Å². The first-order chi connectivity index (χ1) is 9.31. The van der Waals surface area contributed by atoms with Gasteiger partial charge in [-0.05, 0) is 38.0 Å². The third kappa shape index (κ3) is 4.11. The molecule has 0 spiro atoms. The lowest BCUT2D eigenvalue weighted by Gasteiger charge is -2.30. The van der Waals surface area contributed by atoms with E-state index in [0.29, 0.717) is 18.7 Å². The van der Waals surface area contributed by atoms with Crippen LogP contribution in [0.1, 0.15) is 31.4 Å². The molecule has 0 radical (unpaired) electrons. The molecule has 3 nitrogen and oxygen atoms in total. The van der Waals surface area contributed by atoms with Crippen LogP contribution >= 0.6 is 0 Å². The summed E-state index contributed by atoms with van der Waals surface area (Å²) in [5, 5.41) is 17.9. The van der Waals surface area contributed by atoms with E-state index in [1.54, 1.807) is 11.0 Å². The van der Waals surface area contributed by atoms with Gasteiger partial charge in [0.1, 0.15) is 0 Å². The number of benzene rings is 1. The summed E-state index contributed by atoms with van der Waals surface area (Å²) in [5.74, 6) is 0. The monoisotopic (exact) mass is 291 g/mol. The highest BCUT2D eigenvalue weighted by Gasteiger charge is 2.33. The van der Waals surface area contributed by atoms with Crippen LogP contribution in [0.2, 0.25) is 0 Å². The van der Waals surface area contributed by atoms with E-state index in [1.807, 2.05) is 13.8 Å². The first-order valence-corrected chi connectivity index (χ1v) is 6.49. The molecule has 114 valence electrons. The van der Waals surface area contributed by atoms with E-state index in [0.717, 1.165) is 6.07 Å². The molecule has 0 aliphatic carbocycles. The van der Waals surface area contributed by atoms with Crippen LogP contribution < -0.4 is 4.90 Å². The van der Waals surface area contributed by atoms with E-state index < -0.39 is 18.3 Å². The molecule has 0 aliphatic heterocycles. The molecule has 0 bridgehead atoms. The second-order valence-electron chi connectivity index (χ2n) is 4.86. The van der Waals surface area contributed by atoms with Crippen molar-refractivity contribution in [2.75, 3.05) is 18.1 Å². The van der Waals surface area contributed by atoms with Crippen molar-refractivity contribution in [3.05, 3.63) is 29.3 Å². The molecule has 0 heterocycles. The zero-order valence-corrected chi connectivity index (χ0v) is 11.6. The predicted molar refractivity (Wildman–Crippen MR) is 71.6 cm³/mol. The lowest BCUT2D eigenvalue weighted by molar-refractivity contribution is -0.138. The molecule has 2 N–H and O–H groups in total. The minimum absolute atomic E-state index is 0.00985. The summed E-state index contributed by atoms with van der Waals surface area (Å²) in [6.45, 7) is 3.58. The fourth-order valence-electron chi connectivity index (χ4n) is 2.07. The second kappa shape index (κ2) is 6.95. The number of hydrogen-bond acceptors (Lipinski definition) is 3. The lowest BCUT2D eigenvalue weighted by Crippen LogP contribution is -2.32. The van der Waals surface area contributed by atoms with Gasteiger partial charge in [0, 0.05) is 24.9 Å². The van der Waals surface area contributed by atoms with Gasteiger partial charge in [-0.2, -0.15) is 13.2 Å². The van der Waals surface area contributed by atoms with Crippen LogP contribution in [0.5, 0.6) is 0 Å². The smallest absolute Gasteiger partial charge is 0.396 e. The van der Waals surface area contributed by atoms with Gasteiger partial charge >= 0.3 is 6.18 Å². The molecular weight excluding hydrogens is 271 g/mol. The van der Waals surface area contributed by atoms with Crippen molar-refractivity contribution in [1.29, 1.82) is 0 Å². The fraction of sp³-hybridized carbons (Fsp3) is 0.571. The summed E-state index contributed by atoms with van der Waals surface area (Å²) in [5.41, 5.74) is -0.503. The SMILES string of the molecule is CC(C)N(CCCO)c1ccc(CO)c(C(F)(F)F)c1. The quantitative estimate of drug-likeness (QED) is 0.847. The van der Waals surface area contributed by atoms with Crippen LogP contribution in [0, 0.1) is 0 Å². The molecule has 1 aromatic carbocycles. The van der Waals surface area contributed by atoms with Gasteiger partial charge < -0.3 is 15.1 Å². The van der Waals surface area contributed by atoms with Gasteiger partial charge in [0.05, 0.1) is 12.2 Å². The summed E-state index contributed by atoms with van der Waals surface area (Å²) in [7, 11) is 0.